The topological polar surface area (TPSA) is 90.0 Å². The SMILES string of the molecule is O=C(Cn1cccc(-c2nc(-c3ccccc3)no2)c1=O)Nc1ccc(Cl)cc1. The van der Waals surface area contributed by atoms with Crippen molar-refractivity contribution in [3.63, 3.8) is 0 Å². The Balaban J connectivity index is 1.55. The average Bonchev–Trinajstić information content (AvgIpc) is 3.22. The summed E-state index contributed by atoms with van der Waals surface area (Å²) in [4.78, 5) is 29.4. The highest BCUT2D eigenvalue weighted by atomic mass is 35.5. The van der Waals surface area contributed by atoms with Gasteiger partial charge in [0.1, 0.15) is 12.1 Å². The molecule has 2 aromatic heterocycles. The zero-order chi connectivity index (χ0) is 20.2. The molecule has 1 N–H and O–H groups in total. The van der Waals surface area contributed by atoms with Gasteiger partial charge >= 0.3 is 0 Å². The van der Waals surface area contributed by atoms with Gasteiger partial charge in [-0.05, 0) is 36.4 Å². The van der Waals surface area contributed by atoms with Gasteiger partial charge in [0.05, 0.1) is 0 Å². The van der Waals surface area contributed by atoms with Gasteiger partial charge in [-0.25, -0.2) is 0 Å². The van der Waals surface area contributed by atoms with E-state index in [2.05, 4.69) is 15.5 Å². The highest BCUT2D eigenvalue weighted by Crippen LogP contribution is 2.19. The molecule has 29 heavy (non-hydrogen) atoms. The van der Waals surface area contributed by atoms with Crippen molar-refractivity contribution in [2.75, 3.05) is 5.32 Å². The van der Waals surface area contributed by atoms with Crippen LogP contribution in [0.15, 0.2) is 82.2 Å². The van der Waals surface area contributed by atoms with Gasteiger partial charge in [-0.1, -0.05) is 47.1 Å². The molecule has 0 saturated carbocycles. The van der Waals surface area contributed by atoms with Crippen molar-refractivity contribution in [3.8, 4) is 22.8 Å². The minimum absolute atomic E-state index is 0.0984. The summed E-state index contributed by atoms with van der Waals surface area (Å²) in [5.41, 5.74) is 1.19. The molecule has 4 rings (SSSR count). The molecule has 0 fully saturated rings. The van der Waals surface area contributed by atoms with E-state index in [0.717, 1.165) is 5.56 Å². The van der Waals surface area contributed by atoms with Gasteiger partial charge < -0.3 is 14.4 Å². The van der Waals surface area contributed by atoms with E-state index in [1.807, 2.05) is 30.3 Å². The Kier molecular flexibility index (Phi) is 5.22. The van der Waals surface area contributed by atoms with Gasteiger partial charge in [0, 0.05) is 22.5 Å². The van der Waals surface area contributed by atoms with Crippen molar-refractivity contribution in [2.24, 2.45) is 0 Å². The van der Waals surface area contributed by atoms with Crippen LogP contribution in [0.25, 0.3) is 22.8 Å². The molecule has 0 atom stereocenters. The van der Waals surface area contributed by atoms with Gasteiger partial charge in [-0.15, -0.1) is 0 Å². The van der Waals surface area contributed by atoms with Crippen LogP contribution in [0.5, 0.6) is 0 Å². The number of anilines is 1. The van der Waals surface area contributed by atoms with E-state index in [1.54, 1.807) is 36.4 Å². The smallest absolute Gasteiger partial charge is 0.263 e. The molecular weight excluding hydrogens is 392 g/mol. The van der Waals surface area contributed by atoms with Crippen LogP contribution in [0.4, 0.5) is 5.69 Å². The number of pyridine rings is 1. The van der Waals surface area contributed by atoms with Crippen molar-refractivity contribution < 1.29 is 9.32 Å². The number of nitrogens with one attached hydrogen (secondary N) is 1. The van der Waals surface area contributed by atoms with Gasteiger partial charge in [0.15, 0.2) is 0 Å². The summed E-state index contributed by atoms with van der Waals surface area (Å²) < 4.78 is 6.55. The molecule has 2 aromatic carbocycles. The second-order valence-corrected chi connectivity index (χ2v) is 6.64. The van der Waals surface area contributed by atoms with Crippen molar-refractivity contribution in [2.45, 2.75) is 6.54 Å². The average molecular weight is 407 g/mol. The van der Waals surface area contributed by atoms with Crippen molar-refractivity contribution in [1.82, 2.24) is 14.7 Å². The molecule has 7 nitrogen and oxygen atoms in total. The Morgan fingerprint density at radius 2 is 1.79 bits per heavy atom. The maximum absolute atomic E-state index is 12.8. The first-order valence-electron chi connectivity index (χ1n) is 8.74. The Hall–Kier alpha value is -3.71. The molecule has 0 radical (unpaired) electrons. The zero-order valence-electron chi connectivity index (χ0n) is 15.1. The summed E-state index contributed by atoms with van der Waals surface area (Å²) in [5, 5.41) is 7.22. The van der Waals surface area contributed by atoms with E-state index in [4.69, 9.17) is 16.1 Å². The van der Waals surface area contributed by atoms with E-state index in [-0.39, 0.29) is 23.9 Å². The number of aromatic nitrogens is 3. The molecule has 4 aromatic rings. The molecule has 0 aliphatic heterocycles. The summed E-state index contributed by atoms with van der Waals surface area (Å²) in [5.74, 6) is 0.138. The largest absolute Gasteiger partial charge is 0.333 e. The van der Waals surface area contributed by atoms with Crippen LogP contribution in [-0.4, -0.2) is 20.6 Å². The Morgan fingerprint density at radius 1 is 1.03 bits per heavy atom. The maximum atomic E-state index is 12.8. The number of hydrogen-bond acceptors (Lipinski definition) is 5. The Labute approximate surface area is 170 Å². The number of carbonyl (C=O) groups is 1. The minimum Gasteiger partial charge on any atom is -0.333 e. The first-order valence-corrected chi connectivity index (χ1v) is 9.12. The van der Waals surface area contributed by atoms with Gasteiger partial charge in [0.2, 0.25) is 11.7 Å². The number of benzene rings is 2. The second-order valence-electron chi connectivity index (χ2n) is 6.20. The molecule has 8 heteroatoms. The van der Waals surface area contributed by atoms with E-state index < -0.39 is 5.56 Å². The zero-order valence-corrected chi connectivity index (χ0v) is 15.8. The molecule has 144 valence electrons. The van der Waals surface area contributed by atoms with E-state index in [0.29, 0.717) is 16.5 Å². The molecular formula is C21H15ClN4O3. The fraction of sp³-hybridized carbons (Fsp3) is 0.0476. The van der Waals surface area contributed by atoms with E-state index in [1.165, 1.54) is 10.8 Å². The minimum atomic E-state index is -0.401. The van der Waals surface area contributed by atoms with Crippen LogP contribution in [0.2, 0.25) is 5.02 Å². The molecule has 0 aliphatic rings. The van der Waals surface area contributed by atoms with Crippen LogP contribution in [0, 0.1) is 0 Å². The maximum Gasteiger partial charge on any atom is 0.263 e. The summed E-state index contributed by atoms with van der Waals surface area (Å²) in [6.07, 6.45) is 1.53. The van der Waals surface area contributed by atoms with Crippen molar-refractivity contribution >= 4 is 23.2 Å². The standard InChI is InChI=1S/C21H15ClN4O3/c22-15-8-10-16(11-9-15)23-18(27)13-26-12-4-7-17(21(26)28)20-24-19(25-29-20)14-5-2-1-3-6-14/h1-12H,13H2,(H,23,27). The quantitative estimate of drug-likeness (QED) is 0.543. The highest BCUT2D eigenvalue weighted by molar-refractivity contribution is 6.30. The molecule has 0 bridgehead atoms. The fourth-order valence-electron chi connectivity index (χ4n) is 2.75. The van der Waals surface area contributed by atoms with E-state index in [9.17, 15) is 9.59 Å². The highest BCUT2D eigenvalue weighted by Gasteiger charge is 2.16. The normalized spacial score (nSPS) is 10.7. The summed E-state index contributed by atoms with van der Waals surface area (Å²) in [6.45, 7) is -0.158. The third-order valence-electron chi connectivity index (χ3n) is 4.15. The van der Waals surface area contributed by atoms with Gasteiger partial charge in [-0.2, -0.15) is 4.98 Å². The number of amides is 1. The molecule has 0 spiro atoms. The second kappa shape index (κ2) is 8.12. The predicted octanol–water partition coefficient (Wildman–Crippen LogP) is 3.86. The lowest BCUT2D eigenvalue weighted by Gasteiger charge is -2.08. The molecule has 0 aliphatic carbocycles. The summed E-state index contributed by atoms with van der Waals surface area (Å²) >= 11 is 5.84. The molecule has 0 saturated heterocycles. The van der Waals surface area contributed by atoms with Crippen LogP contribution in [0.3, 0.4) is 0 Å². The summed E-state index contributed by atoms with van der Waals surface area (Å²) in [7, 11) is 0. The van der Waals surface area contributed by atoms with Crippen LogP contribution < -0.4 is 10.9 Å². The number of halogens is 1. The Bertz CT molecular complexity index is 1200. The number of hydrogen-bond donors (Lipinski definition) is 1. The summed E-state index contributed by atoms with van der Waals surface area (Å²) in [6, 6.07) is 19.2. The number of nitrogens with zero attached hydrogens (tertiary/aromatic N) is 3. The molecule has 0 unspecified atom stereocenters. The van der Waals surface area contributed by atoms with Gasteiger partial charge in [-0.3, -0.25) is 9.59 Å². The third-order valence-corrected chi connectivity index (χ3v) is 4.40. The lowest BCUT2D eigenvalue weighted by atomic mass is 10.2. The first kappa shape index (κ1) is 18.6. The van der Waals surface area contributed by atoms with Crippen LogP contribution in [-0.2, 0) is 11.3 Å². The lowest BCUT2D eigenvalue weighted by Crippen LogP contribution is -2.28. The fourth-order valence-corrected chi connectivity index (χ4v) is 2.88. The van der Waals surface area contributed by atoms with Crippen molar-refractivity contribution in [1.29, 1.82) is 0 Å². The molecule has 1 amide bonds. The third kappa shape index (κ3) is 4.25. The van der Waals surface area contributed by atoms with Crippen LogP contribution in [0.1, 0.15) is 0 Å². The number of rotatable bonds is 5. The monoisotopic (exact) mass is 406 g/mol. The Morgan fingerprint density at radius 3 is 2.55 bits per heavy atom. The number of carbonyl (C=O) groups excluding carboxylic acids is 1. The van der Waals surface area contributed by atoms with E-state index >= 15 is 0 Å². The van der Waals surface area contributed by atoms with Crippen molar-refractivity contribution in [3.05, 3.63) is 88.3 Å². The predicted molar refractivity (Wildman–Crippen MR) is 110 cm³/mol. The van der Waals surface area contributed by atoms with Crippen LogP contribution >= 0.6 is 11.6 Å². The van der Waals surface area contributed by atoms with Gasteiger partial charge in [0.25, 0.3) is 11.4 Å². The first-order chi connectivity index (χ1) is 14.1. The molecule has 2 heterocycles. The lowest BCUT2D eigenvalue weighted by molar-refractivity contribution is -0.116.